The topological polar surface area (TPSA) is 46.3 Å². The molecule has 25 heavy (non-hydrogen) atoms. The van der Waals surface area contributed by atoms with Crippen LogP contribution in [0.4, 0.5) is 0 Å². The molecule has 1 aromatic carbocycles. The van der Waals surface area contributed by atoms with E-state index in [1.165, 1.54) is 37.7 Å². The molecule has 2 N–H and O–H groups in total. The number of nitrogens with two attached hydrogens (primary N) is 1. The Hall–Kier alpha value is -1.35. The zero-order valence-electron chi connectivity index (χ0n) is 15.3. The second-order valence-electron chi connectivity index (χ2n) is 8.59. The van der Waals surface area contributed by atoms with Crippen molar-refractivity contribution in [2.45, 2.75) is 69.7 Å². The van der Waals surface area contributed by atoms with Crippen LogP contribution >= 0.6 is 0 Å². The smallest absolute Gasteiger partial charge is 0.226 e. The number of rotatable bonds is 2. The van der Waals surface area contributed by atoms with Gasteiger partial charge < -0.3 is 10.6 Å². The van der Waals surface area contributed by atoms with Crippen molar-refractivity contribution in [2.24, 2.45) is 17.1 Å². The van der Waals surface area contributed by atoms with Crippen molar-refractivity contribution in [3.05, 3.63) is 35.9 Å². The van der Waals surface area contributed by atoms with E-state index in [0.717, 1.165) is 38.8 Å². The number of amides is 1. The fourth-order valence-electron chi connectivity index (χ4n) is 5.72. The number of nitrogens with zero attached hydrogens (tertiary/aromatic N) is 1. The van der Waals surface area contributed by atoms with Gasteiger partial charge in [-0.05, 0) is 55.4 Å². The van der Waals surface area contributed by atoms with Crippen LogP contribution in [0.2, 0.25) is 0 Å². The van der Waals surface area contributed by atoms with Crippen molar-refractivity contribution in [3.63, 3.8) is 0 Å². The second kappa shape index (κ2) is 7.11. The van der Waals surface area contributed by atoms with Crippen molar-refractivity contribution in [1.29, 1.82) is 0 Å². The Balaban J connectivity index is 1.45. The van der Waals surface area contributed by atoms with E-state index in [2.05, 4.69) is 35.2 Å². The molecule has 3 fully saturated rings. The van der Waals surface area contributed by atoms with E-state index < -0.39 is 0 Å². The summed E-state index contributed by atoms with van der Waals surface area (Å²) < 4.78 is 0. The van der Waals surface area contributed by atoms with Crippen LogP contribution in [-0.4, -0.2) is 29.9 Å². The molecule has 0 bridgehead atoms. The Bertz CT molecular complexity index is 591. The molecule has 3 aliphatic rings. The van der Waals surface area contributed by atoms with Gasteiger partial charge in [0, 0.05) is 25.0 Å². The highest BCUT2D eigenvalue weighted by atomic mass is 16.2. The van der Waals surface area contributed by atoms with Gasteiger partial charge in [0.05, 0.1) is 0 Å². The van der Waals surface area contributed by atoms with Crippen LogP contribution < -0.4 is 5.73 Å². The highest BCUT2D eigenvalue weighted by molar-refractivity contribution is 5.80. The fourth-order valence-corrected chi connectivity index (χ4v) is 5.72. The molecular weight excluding hydrogens is 308 g/mol. The molecule has 1 spiro atoms. The number of hydrogen-bond acceptors (Lipinski definition) is 2. The van der Waals surface area contributed by atoms with Gasteiger partial charge in [-0.2, -0.15) is 0 Å². The molecule has 1 amide bonds. The molecule has 3 heteroatoms. The summed E-state index contributed by atoms with van der Waals surface area (Å²) in [4.78, 5) is 15.5. The van der Waals surface area contributed by atoms with Gasteiger partial charge in [-0.1, -0.05) is 49.6 Å². The molecule has 2 saturated carbocycles. The van der Waals surface area contributed by atoms with E-state index in [1.54, 1.807) is 0 Å². The zero-order valence-corrected chi connectivity index (χ0v) is 15.3. The largest absolute Gasteiger partial charge is 0.342 e. The molecule has 1 saturated heterocycles. The molecule has 3 atom stereocenters. The third-order valence-electron chi connectivity index (χ3n) is 7.36. The summed E-state index contributed by atoms with van der Waals surface area (Å²) in [6.45, 7) is 1.84. The van der Waals surface area contributed by atoms with Crippen molar-refractivity contribution >= 4 is 5.91 Å². The Kier molecular flexibility index (Phi) is 4.86. The summed E-state index contributed by atoms with van der Waals surface area (Å²) in [6.07, 6.45) is 10.6. The summed E-state index contributed by atoms with van der Waals surface area (Å²) >= 11 is 0. The van der Waals surface area contributed by atoms with E-state index in [-0.39, 0.29) is 5.92 Å². The molecule has 2 aliphatic carbocycles. The number of benzene rings is 1. The Morgan fingerprint density at radius 3 is 2.36 bits per heavy atom. The summed E-state index contributed by atoms with van der Waals surface area (Å²) in [5.41, 5.74) is 8.09. The first-order chi connectivity index (χ1) is 12.2. The summed E-state index contributed by atoms with van der Waals surface area (Å²) in [5, 5.41) is 0. The molecule has 1 aromatic rings. The quantitative estimate of drug-likeness (QED) is 0.882. The Labute approximate surface area is 152 Å². The van der Waals surface area contributed by atoms with Crippen molar-refractivity contribution < 1.29 is 4.79 Å². The van der Waals surface area contributed by atoms with Crippen LogP contribution in [0.25, 0.3) is 0 Å². The SMILES string of the molecule is NC1CCCC12CCN(C(=O)[C@@H]1CCCC[C@@H]1c1ccccc1)CC2. The molecule has 4 rings (SSSR count). The standard InChI is InChI=1S/C22H32N2O/c23-20-11-6-12-22(20)13-15-24(16-14-22)21(25)19-10-5-4-9-18(19)17-7-2-1-3-8-17/h1-3,7-8,18-20H,4-6,9-16,23H2/t18-,19-,20?/m1/s1. The average Bonchev–Trinajstić information content (AvgIpc) is 3.02. The predicted molar refractivity (Wildman–Crippen MR) is 101 cm³/mol. The van der Waals surface area contributed by atoms with Crippen LogP contribution in [-0.2, 0) is 4.79 Å². The van der Waals surface area contributed by atoms with Gasteiger partial charge in [0.1, 0.15) is 0 Å². The molecule has 1 unspecified atom stereocenters. The lowest BCUT2D eigenvalue weighted by atomic mass is 9.72. The fraction of sp³-hybridized carbons (Fsp3) is 0.682. The minimum absolute atomic E-state index is 0.183. The Morgan fingerprint density at radius 1 is 0.960 bits per heavy atom. The van der Waals surface area contributed by atoms with Crippen LogP contribution in [0, 0.1) is 11.3 Å². The van der Waals surface area contributed by atoms with Crippen molar-refractivity contribution in [2.75, 3.05) is 13.1 Å². The number of likely N-dealkylation sites (tertiary alicyclic amines) is 1. The van der Waals surface area contributed by atoms with Crippen LogP contribution in [0.3, 0.4) is 0 Å². The Morgan fingerprint density at radius 2 is 1.68 bits per heavy atom. The molecule has 0 aromatic heterocycles. The highest BCUT2D eigenvalue weighted by Crippen LogP contribution is 2.46. The molecular formula is C22H32N2O. The third kappa shape index (κ3) is 3.23. The van der Waals surface area contributed by atoms with E-state index in [4.69, 9.17) is 5.73 Å². The molecule has 136 valence electrons. The van der Waals surface area contributed by atoms with Crippen molar-refractivity contribution in [1.82, 2.24) is 4.90 Å². The van der Waals surface area contributed by atoms with E-state index >= 15 is 0 Å². The average molecular weight is 341 g/mol. The second-order valence-corrected chi connectivity index (χ2v) is 8.59. The molecule has 0 radical (unpaired) electrons. The van der Waals surface area contributed by atoms with Gasteiger partial charge >= 0.3 is 0 Å². The van der Waals surface area contributed by atoms with Gasteiger partial charge in [0.15, 0.2) is 0 Å². The molecule has 1 aliphatic heterocycles. The van der Waals surface area contributed by atoms with Gasteiger partial charge in [-0.25, -0.2) is 0 Å². The monoisotopic (exact) mass is 340 g/mol. The minimum atomic E-state index is 0.183. The minimum Gasteiger partial charge on any atom is -0.342 e. The maximum Gasteiger partial charge on any atom is 0.226 e. The first-order valence-electron chi connectivity index (χ1n) is 10.3. The van der Waals surface area contributed by atoms with Crippen LogP contribution in [0.1, 0.15) is 69.3 Å². The van der Waals surface area contributed by atoms with Gasteiger partial charge in [0.25, 0.3) is 0 Å². The lowest BCUT2D eigenvalue weighted by molar-refractivity contribution is -0.139. The summed E-state index contributed by atoms with van der Waals surface area (Å²) in [5.74, 6) is 1.00. The van der Waals surface area contributed by atoms with Gasteiger partial charge in [0.2, 0.25) is 5.91 Å². The normalized spacial score (nSPS) is 32.0. The lowest BCUT2D eigenvalue weighted by Crippen LogP contribution is -2.50. The maximum atomic E-state index is 13.3. The summed E-state index contributed by atoms with van der Waals surface area (Å²) in [7, 11) is 0. The summed E-state index contributed by atoms with van der Waals surface area (Å²) in [6, 6.07) is 11.1. The van der Waals surface area contributed by atoms with Crippen molar-refractivity contribution in [3.8, 4) is 0 Å². The zero-order chi connectivity index (χ0) is 17.3. The first kappa shape index (κ1) is 17.1. The lowest BCUT2D eigenvalue weighted by Gasteiger charge is -2.44. The third-order valence-corrected chi connectivity index (χ3v) is 7.36. The van der Waals surface area contributed by atoms with E-state index in [1.807, 2.05) is 0 Å². The van der Waals surface area contributed by atoms with Gasteiger partial charge in [-0.3, -0.25) is 4.79 Å². The number of hydrogen-bond donors (Lipinski definition) is 1. The van der Waals surface area contributed by atoms with E-state index in [9.17, 15) is 4.79 Å². The first-order valence-corrected chi connectivity index (χ1v) is 10.3. The number of carbonyl (C=O) groups excluding carboxylic acids is 1. The van der Waals surface area contributed by atoms with Crippen LogP contribution in [0.5, 0.6) is 0 Å². The number of carbonyl (C=O) groups is 1. The number of piperidine rings is 1. The molecule has 3 nitrogen and oxygen atoms in total. The molecule has 1 heterocycles. The van der Waals surface area contributed by atoms with Crippen LogP contribution in [0.15, 0.2) is 30.3 Å². The highest BCUT2D eigenvalue weighted by Gasteiger charge is 2.44. The van der Waals surface area contributed by atoms with E-state index in [0.29, 0.717) is 23.3 Å². The maximum absolute atomic E-state index is 13.3. The van der Waals surface area contributed by atoms with Gasteiger partial charge in [-0.15, -0.1) is 0 Å². The predicted octanol–water partition coefficient (Wildman–Crippen LogP) is 4.08.